The molecule has 0 bridgehead atoms. The van der Waals surface area contributed by atoms with E-state index in [2.05, 4.69) is 26.1 Å². The van der Waals surface area contributed by atoms with Gasteiger partial charge in [0.25, 0.3) is 0 Å². The monoisotopic (exact) mass is 197 g/mol. The molecule has 1 N–H and O–H groups in total. The Hall–Kier alpha value is -0.0800. The quantitative estimate of drug-likeness (QED) is 0.729. The van der Waals surface area contributed by atoms with Gasteiger partial charge in [-0.15, -0.1) is 0 Å². The maximum absolute atomic E-state index is 5.53. The summed E-state index contributed by atoms with van der Waals surface area (Å²) in [5.41, 5.74) is 0.621. The molecule has 2 aliphatic rings. The second-order valence-electron chi connectivity index (χ2n) is 5.54. The summed E-state index contributed by atoms with van der Waals surface area (Å²) < 4.78 is 5.53. The minimum absolute atomic E-state index is 0.546. The summed E-state index contributed by atoms with van der Waals surface area (Å²) in [5.74, 6) is 0.925. The summed E-state index contributed by atoms with van der Waals surface area (Å²) in [6.45, 7) is 8.89. The van der Waals surface area contributed by atoms with Gasteiger partial charge in [-0.3, -0.25) is 0 Å². The fourth-order valence-electron chi connectivity index (χ4n) is 2.34. The molecule has 0 saturated heterocycles. The third kappa shape index (κ3) is 2.29. The number of rotatable bonds is 5. The van der Waals surface area contributed by atoms with Gasteiger partial charge in [-0.05, 0) is 44.1 Å². The van der Waals surface area contributed by atoms with Gasteiger partial charge < -0.3 is 10.1 Å². The van der Waals surface area contributed by atoms with Crippen molar-refractivity contribution in [2.75, 3.05) is 13.2 Å². The minimum Gasteiger partial charge on any atom is -0.378 e. The first-order chi connectivity index (χ1) is 6.62. The molecule has 1 unspecified atom stereocenters. The lowest BCUT2D eigenvalue weighted by Crippen LogP contribution is -2.46. The highest BCUT2D eigenvalue weighted by Gasteiger charge is 2.45. The number of nitrogens with one attached hydrogen (secondary N) is 1. The molecular weight excluding hydrogens is 174 g/mol. The van der Waals surface area contributed by atoms with E-state index >= 15 is 0 Å². The first-order valence-corrected chi connectivity index (χ1v) is 5.97. The van der Waals surface area contributed by atoms with Gasteiger partial charge in [0.15, 0.2) is 0 Å². The van der Waals surface area contributed by atoms with Crippen LogP contribution in [-0.4, -0.2) is 25.3 Å². The third-order valence-corrected chi connectivity index (χ3v) is 3.87. The Labute approximate surface area is 87.4 Å². The number of hydrogen-bond donors (Lipinski definition) is 1. The molecule has 2 nitrogen and oxygen atoms in total. The van der Waals surface area contributed by atoms with Crippen molar-refractivity contribution in [3.05, 3.63) is 0 Å². The lowest BCUT2D eigenvalue weighted by Gasteiger charge is -2.35. The zero-order valence-electron chi connectivity index (χ0n) is 9.68. The SMILES string of the molecule is CCOC1CC(NCC2CC2(C)C)C1. The average Bonchev–Trinajstić information content (AvgIpc) is 2.64. The van der Waals surface area contributed by atoms with Crippen LogP contribution in [0.25, 0.3) is 0 Å². The van der Waals surface area contributed by atoms with E-state index in [9.17, 15) is 0 Å². The summed E-state index contributed by atoms with van der Waals surface area (Å²) in [6.07, 6.45) is 4.40. The van der Waals surface area contributed by atoms with Crippen LogP contribution in [0.4, 0.5) is 0 Å². The van der Waals surface area contributed by atoms with E-state index in [1.165, 1.54) is 25.8 Å². The largest absolute Gasteiger partial charge is 0.378 e. The predicted octanol–water partition coefficient (Wildman–Crippen LogP) is 2.19. The van der Waals surface area contributed by atoms with Gasteiger partial charge in [0, 0.05) is 12.6 Å². The summed E-state index contributed by atoms with van der Waals surface area (Å²) in [7, 11) is 0. The standard InChI is InChI=1S/C12H23NO/c1-4-14-11-5-10(6-11)13-8-9-7-12(9,2)3/h9-11,13H,4-8H2,1-3H3. The van der Waals surface area contributed by atoms with E-state index in [1.54, 1.807) is 0 Å². The maximum Gasteiger partial charge on any atom is 0.0604 e. The molecule has 2 aliphatic carbocycles. The van der Waals surface area contributed by atoms with Crippen LogP contribution < -0.4 is 5.32 Å². The topological polar surface area (TPSA) is 21.3 Å². The van der Waals surface area contributed by atoms with E-state index in [0.29, 0.717) is 11.5 Å². The zero-order valence-corrected chi connectivity index (χ0v) is 9.68. The molecule has 2 heteroatoms. The van der Waals surface area contributed by atoms with Gasteiger partial charge in [-0.1, -0.05) is 13.8 Å². The van der Waals surface area contributed by atoms with Crippen molar-refractivity contribution in [2.45, 2.75) is 52.2 Å². The molecule has 0 aromatic heterocycles. The van der Waals surface area contributed by atoms with Crippen molar-refractivity contribution < 1.29 is 4.74 Å². The molecular formula is C12H23NO. The fraction of sp³-hybridized carbons (Fsp3) is 1.00. The van der Waals surface area contributed by atoms with Gasteiger partial charge in [0.05, 0.1) is 6.10 Å². The Morgan fingerprint density at radius 2 is 2.00 bits per heavy atom. The summed E-state index contributed by atoms with van der Waals surface area (Å²) >= 11 is 0. The van der Waals surface area contributed by atoms with Gasteiger partial charge in [-0.25, -0.2) is 0 Å². The van der Waals surface area contributed by atoms with Crippen molar-refractivity contribution >= 4 is 0 Å². The second-order valence-corrected chi connectivity index (χ2v) is 5.54. The van der Waals surface area contributed by atoms with Crippen molar-refractivity contribution in [3.8, 4) is 0 Å². The van der Waals surface area contributed by atoms with E-state index in [0.717, 1.165) is 18.6 Å². The molecule has 0 heterocycles. The van der Waals surface area contributed by atoms with Gasteiger partial charge in [0.1, 0.15) is 0 Å². The molecule has 0 aromatic rings. The van der Waals surface area contributed by atoms with Crippen molar-refractivity contribution in [1.29, 1.82) is 0 Å². The van der Waals surface area contributed by atoms with Gasteiger partial charge in [0.2, 0.25) is 0 Å². The van der Waals surface area contributed by atoms with Crippen molar-refractivity contribution in [1.82, 2.24) is 5.32 Å². The summed E-state index contributed by atoms with van der Waals surface area (Å²) in [5, 5.41) is 3.65. The van der Waals surface area contributed by atoms with Crippen LogP contribution in [0.15, 0.2) is 0 Å². The smallest absolute Gasteiger partial charge is 0.0604 e. The van der Waals surface area contributed by atoms with Crippen LogP contribution in [-0.2, 0) is 4.74 Å². The Kier molecular flexibility index (Phi) is 2.85. The maximum atomic E-state index is 5.53. The molecule has 1 atom stereocenters. The molecule has 0 spiro atoms. The van der Waals surface area contributed by atoms with Crippen LogP contribution in [0.1, 0.15) is 40.0 Å². The van der Waals surface area contributed by atoms with Gasteiger partial charge in [-0.2, -0.15) is 0 Å². The van der Waals surface area contributed by atoms with Crippen LogP contribution in [0.2, 0.25) is 0 Å². The lowest BCUT2D eigenvalue weighted by molar-refractivity contribution is -0.0101. The Balaban J connectivity index is 1.53. The molecule has 2 fully saturated rings. The van der Waals surface area contributed by atoms with Crippen molar-refractivity contribution in [2.24, 2.45) is 11.3 Å². The van der Waals surface area contributed by atoms with E-state index in [4.69, 9.17) is 4.74 Å². The van der Waals surface area contributed by atoms with E-state index in [1.807, 2.05) is 0 Å². The molecule has 0 aliphatic heterocycles. The van der Waals surface area contributed by atoms with Crippen LogP contribution in [0.3, 0.4) is 0 Å². The zero-order chi connectivity index (χ0) is 10.2. The predicted molar refractivity (Wildman–Crippen MR) is 58.3 cm³/mol. The van der Waals surface area contributed by atoms with E-state index < -0.39 is 0 Å². The molecule has 14 heavy (non-hydrogen) atoms. The highest BCUT2D eigenvalue weighted by Crippen LogP contribution is 2.51. The minimum atomic E-state index is 0.546. The number of ether oxygens (including phenoxy) is 1. The average molecular weight is 197 g/mol. The van der Waals surface area contributed by atoms with E-state index in [-0.39, 0.29) is 0 Å². The second kappa shape index (κ2) is 3.82. The lowest BCUT2D eigenvalue weighted by atomic mass is 9.89. The molecule has 82 valence electrons. The Morgan fingerprint density at radius 3 is 2.50 bits per heavy atom. The highest BCUT2D eigenvalue weighted by molar-refractivity contribution is 4.97. The summed E-state index contributed by atoms with van der Waals surface area (Å²) in [6, 6.07) is 0.739. The molecule has 0 amide bonds. The fourth-order valence-corrected chi connectivity index (χ4v) is 2.34. The normalized spacial score (nSPS) is 39.2. The van der Waals surface area contributed by atoms with Crippen LogP contribution in [0.5, 0.6) is 0 Å². The molecule has 2 rings (SSSR count). The number of hydrogen-bond acceptors (Lipinski definition) is 2. The molecule has 2 saturated carbocycles. The molecule has 0 aromatic carbocycles. The highest BCUT2D eigenvalue weighted by atomic mass is 16.5. The van der Waals surface area contributed by atoms with Gasteiger partial charge >= 0.3 is 0 Å². The Bertz CT molecular complexity index is 196. The third-order valence-electron chi connectivity index (χ3n) is 3.87. The summed E-state index contributed by atoms with van der Waals surface area (Å²) in [4.78, 5) is 0. The van der Waals surface area contributed by atoms with Crippen molar-refractivity contribution in [3.63, 3.8) is 0 Å². The van der Waals surface area contributed by atoms with Crippen LogP contribution >= 0.6 is 0 Å². The Morgan fingerprint density at radius 1 is 1.36 bits per heavy atom. The first kappa shape index (κ1) is 10.4. The first-order valence-electron chi connectivity index (χ1n) is 5.97. The van der Waals surface area contributed by atoms with Crippen LogP contribution in [0, 0.1) is 11.3 Å². The molecule has 0 radical (unpaired) electrons.